The summed E-state index contributed by atoms with van der Waals surface area (Å²) < 4.78 is 26.4. The maximum atomic E-state index is 12.5. The SMILES string of the molecule is O=C(Nc1ccc(S(=O)(=O)N2CCCC2)cc1)c1ccc(Cl)c([N+](=O)[O-])c1. The van der Waals surface area contributed by atoms with Crippen LogP contribution in [0.5, 0.6) is 0 Å². The van der Waals surface area contributed by atoms with Crippen molar-refractivity contribution in [2.24, 2.45) is 0 Å². The van der Waals surface area contributed by atoms with E-state index in [1.54, 1.807) is 0 Å². The Labute approximate surface area is 160 Å². The highest BCUT2D eigenvalue weighted by Gasteiger charge is 2.27. The molecule has 0 bridgehead atoms. The minimum atomic E-state index is -3.53. The molecular formula is C17H16ClN3O5S. The highest BCUT2D eigenvalue weighted by Crippen LogP contribution is 2.26. The van der Waals surface area contributed by atoms with Gasteiger partial charge in [-0.1, -0.05) is 11.6 Å². The molecule has 2 aromatic carbocycles. The summed E-state index contributed by atoms with van der Waals surface area (Å²) in [5.41, 5.74) is 0.0780. The Bertz CT molecular complexity index is 986. The Balaban J connectivity index is 1.76. The third kappa shape index (κ3) is 4.10. The fourth-order valence-corrected chi connectivity index (χ4v) is 4.49. The number of hydrogen-bond donors (Lipinski definition) is 1. The Morgan fingerprint density at radius 1 is 1.11 bits per heavy atom. The molecule has 1 fully saturated rings. The highest BCUT2D eigenvalue weighted by molar-refractivity contribution is 7.89. The monoisotopic (exact) mass is 409 g/mol. The maximum Gasteiger partial charge on any atom is 0.288 e. The molecule has 1 saturated heterocycles. The van der Waals surface area contributed by atoms with Gasteiger partial charge in [0.1, 0.15) is 5.02 Å². The summed E-state index contributed by atoms with van der Waals surface area (Å²) in [4.78, 5) is 22.7. The first-order valence-corrected chi connectivity index (χ1v) is 9.96. The van der Waals surface area contributed by atoms with Crippen molar-refractivity contribution in [3.05, 3.63) is 63.2 Å². The van der Waals surface area contributed by atoms with Gasteiger partial charge in [-0.25, -0.2) is 8.42 Å². The number of benzene rings is 2. The van der Waals surface area contributed by atoms with Crippen LogP contribution in [-0.4, -0.2) is 36.6 Å². The van der Waals surface area contributed by atoms with E-state index in [1.807, 2.05) is 0 Å². The van der Waals surface area contributed by atoms with E-state index in [4.69, 9.17) is 11.6 Å². The molecule has 10 heteroatoms. The van der Waals surface area contributed by atoms with E-state index in [0.29, 0.717) is 18.8 Å². The van der Waals surface area contributed by atoms with Crippen LogP contribution < -0.4 is 5.32 Å². The summed E-state index contributed by atoms with van der Waals surface area (Å²) in [5, 5.41) is 13.4. The van der Waals surface area contributed by atoms with Crippen LogP contribution in [0.15, 0.2) is 47.4 Å². The number of anilines is 1. The number of rotatable bonds is 5. The molecule has 1 heterocycles. The van der Waals surface area contributed by atoms with Crippen molar-refractivity contribution in [3.63, 3.8) is 0 Å². The van der Waals surface area contributed by atoms with E-state index in [1.165, 1.54) is 40.7 Å². The summed E-state index contributed by atoms with van der Waals surface area (Å²) in [6.07, 6.45) is 1.70. The highest BCUT2D eigenvalue weighted by atomic mass is 35.5. The molecule has 0 radical (unpaired) electrons. The van der Waals surface area contributed by atoms with Gasteiger partial charge in [-0.05, 0) is 49.2 Å². The van der Waals surface area contributed by atoms with Gasteiger partial charge in [-0.3, -0.25) is 14.9 Å². The second-order valence-electron chi connectivity index (χ2n) is 6.01. The molecule has 1 N–H and O–H groups in total. The van der Waals surface area contributed by atoms with E-state index >= 15 is 0 Å². The van der Waals surface area contributed by atoms with Crippen molar-refractivity contribution in [2.75, 3.05) is 18.4 Å². The van der Waals surface area contributed by atoms with Crippen LogP contribution in [0.4, 0.5) is 11.4 Å². The van der Waals surface area contributed by atoms with Crippen LogP contribution in [0.1, 0.15) is 23.2 Å². The fraction of sp³-hybridized carbons (Fsp3) is 0.235. The van der Waals surface area contributed by atoms with Crippen LogP contribution in [0.2, 0.25) is 5.02 Å². The van der Waals surface area contributed by atoms with Crippen molar-refractivity contribution in [2.45, 2.75) is 17.7 Å². The summed E-state index contributed by atoms with van der Waals surface area (Å²) in [6, 6.07) is 9.54. The Morgan fingerprint density at radius 3 is 2.33 bits per heavy atom. The van der Waals surface area contributed by atoms with E-state index in [2.05, 4.69) is 5.32 Å². The molecule has 0 saturated carbocycles. The number of hydrogen-bond acceptors (Lipinski definition) is 5. The number of nitrogens with zero attached hydrogens (tertiary/aromatic N) is 2. The predicted octanol–water partition coefficient (Wildman–Crippen LogP) is 3.29. The molecule has 27 heavy (non-hydrogen) atoms. The number of nitro benzene ring substituents is 1. The molecule has 0 unspecified atom stereocenters. The first-order chi connectivity index (χ1) is 12.8. The molecule has 2 aromatic rings. The van der Waals surface area contributed by atoms with Gasteiger partial charge in [0.2, 0.25) is 10.0 Å². The van der Waals surface area contributed by atoms with Gasteiger partial charge < -0.3 is 5.32 Å². The van der Waals surface area contributed by atoms with Crippen LogP contribution in [-0.2, 0) is 10.0 Å². The molecule has 1 amide bonds. The van der Waals surface area contributed by atoms with Gasteiger partial charge in [0.25, 0.3) is 11.6 Å². The third-order valence-corrected chi connectivity index (χ3v) is 6.45. The fourth-order valence-electron chi connectivity index (χ4n) is 2.78. The van der Waals surface area contributed by atoms with E-state index < -0.39 is 20.9 Å². The van der Waals surface area contributed by atoms with Crippen LogP contribution in [0.3, 0.4) is 0 Å². The molecular weight excluding hydrogens is 394 g/mol. The first-order valence-electron chi connectivity index (χ1n) is 8.14. The normalized spacial score (nSPS) is 14.9. The average molecular weight is 410 g/mol. The summed E-state index contributed by atoms with van der Waals surface area (Å²) in [6.45, 7) is 1.02. The van der Waals surface area contributed by atoms with Crippen LogP contribution >= 0.6 is 11.6 Å². The Morgan fingerprint density at radius 2 is 1.74 bits per heavy atom. The van der Waals surface area contributed by atoms with Crippen molar-refractivity contribution >= 4 is 38.9 Å². The third-order valence-electron chi connectivity index (χ3n) is 4.22. The summed E-state index contributed by atoms with van der Waals surface area (Å²) in [7, 11) is -3.53. The lowest BCUT2D eigenvalue weighted by Gasteiger charge is -2.15. The Hall–Kier alpha value is -2.49. The zero-order chi connectivity index (χ0) is 19.6. The molecule has 1 aliphatic rings. The van der Waals surface area contributed by atoms with Crippen LogP contribution in [0, 0.1) is 10.1 Å². The van der Waals surface area contributed by atoms with Gasteiger partial charge in [-0.15, -0.1) is 0 Å². The van der Waals surface area contributed by atoms with Gasteiger partial charge in [0, 0.05) is 30.4 Å². The first kappa shape index (κ1) is 19.3. The smallest absolute Gasteiger partial charge is 0.288 e. The predicted molar refractivity (Wildman–Crippen MR) is 100 cm³/mol. The molecule has 3 rings (SSSR count). The number of amides is 1. The topological polar surface area (TPSA) is 110 Å². The molecule has 0 atom stereocenters. The van der Waals surface area contributed by atoms with E-state index in [-0.39, 0.29) is 21.2 Å². The van der Waals surface area contributed by atoms with Gasteiger partial charge in [0.15, 0.2) is 0 Å². The van der Waals surface area contributed by atoms with Crippen LogP contribution in [0.25, 0.3) is 0 Å². The van der Waals surface area contributed by atoms with Gasteiger partial charge in [0.05, 0.1) is 9.82 Å². The second kappa shape index (κ2) is 7.63. The second-order valence-corrected chi connectivity index (χ2v) is 8.36. The maximum absolute atomic E-state index is 12.5. The summed E-state index contributed by atoms with van der Waals surface area (Å²) >= 11 is 5.74. The minimum absolute atomic E-state index is 0.0620. The molecule has 8 nitrogen and oxygen atoms in total. The Kier molecular flexibility index (Phi) is 5.45. The average Bonchev–Trinajstić information content (AvgIpc) is 3.18. The van der Waals surface area contributed by atoms with Crippen molar-refractivity contribution in [1.29, 1.82) is 0 Å². The van der Waals surface area contributed by atoms with Crippen molar-refractivity contribution in [1.82, 2.24) is 4.31 Å². The zero-order valence-electron chi connectivity index (χ0n) is 14.1. The number of carbonyl (C=O) groups is 1. The largest absolute Gasteiger partial charge is 0.322 e. The van der Waals surface area contributed by atoms with Gasteiger partial charge >= 0.3 is 0 Å². The number of halogens is 1. The lowest BCUT2D eigenvalue weighted by molar-refractivity contribution is -0.384. The lowest BCUT2D eigenvalue weighted by atomic mass is 10.2. The van der Waals surface area contributed by atoms with Crippen molar-refractivity contribution in [3.8, 4) is 0 Å². The minimum Gasteiger partial charge on any atom is -0.322 e. The van der Waals surface area contributed by atoms with E-state index in [9.17, 15) is 23.3 Å². The molecule has 1 aliphatic heterocycles. The van der Waals surface area contributed by atoms with Crippen molar-refractivity contribution < 1.29 is 18.1 Å². The lowest BCUT2D eigenvalue weighted by Crippen LogP contribution is -2.27. The molecule has 0 aromatic heterocycles. The zero-order valence-corrected chi connectivity index (χ0v) is 15.7. The van der Waals surface area contributed by atoms with E-state index in [0.717, 1.165) is 18.9 Å². The van der Waals surface area contributed by atoms with Gasteiger partial charge in [-0.2, -0.15) is 4.31 Å². The molecule has 0 aliphatic carbocycles. The number of sulfonamides is 1. The standard InChI is InChI=1S/C17H16ClN3O5S/c18-15-8-3-12(11-16(15)21(23)24)17(22)19-13-4-6-14(7-5-13)27(25,26)20-9-1-2-10-20/h3-8,11H,1-2,9-10H2,(H,19,22). The quantitative estimate of drug-likeness (QED) is 0.601. The number of nitrogens with one attached hydrogen (secondary N) is 1. The molecule has 142 valence electrons. The number of carbonyl (C=O) groups excluding carboxylic acids is 1. The summed E-state index contributed by atoms with van der Waals surface area (Å²) in [5.74, 6) is -0.565. The molecule has 0 spiro atoms. The number of nitro groups is 1.